The lowest BCUT2D eigenvalue weighted by Crippen LogP contribution is -2.57. The Balaban J connectivity index is 1.75. The topological polar surface area (TPSA) is 30.5 Å². The van der Waals surface area contributed by atoms with Crippen LogP contribution in [0.25, 0.3) is 0 Å². The number of nitrogens with one attached hydrogen (secondary N) is 2. The third kappa shape index (κ3) is 4.69. The summed E-state index contributed by atoms with van der Waals surface area (Å²) in [5.41, 5.74) is 0. The summed E-state index contributed by atoms with van der Waals surface area (Å²) in [7, 11) is 2.24. The van der Waals surface area contributed by atoms with Crippen LogP contribution in [0.3, 0.4) is 0 Å². The van der Waals surface area contributed by atoms with Crippen LogP contribution in [0.15, 0.2) is 0 Å². The number of piperazine rings is 2. The van der Waals surface area contributed by atoms with Gasteiger partial charge < -0.3 is 15.5 Å². The minimum absolute atomic E-state index is 0.625. The van der Waals surface area contributed by atoms with E-state index in [9.17, 15) is 0 Å². The molecule has 2 N–H and O–H groups in total. The van der Waals surface area contributed by atoms with Gasteiger partial charge in [-0.2, -0.15) is 0 Å². The summed E-state index contributed by atoms with van der Waals surface area (Å²) in [6, 6.07) is 3.25. The number of hydrogen-bond donors (Lipinski definition) is 2. The van der Waals surface area contributed by atoms with E-state index in [1.165, 1.54) is 39.0 Å². The van der Waals surface area contributed by atoms with Gasteiger partial charge in [0.15, 0.2) is 0 Å². The highest BCUT2D eigenvalue weighted by molar-refractivity contribution is 4.86. The summed E-state index contributed by atoms with van der Waals surface area (Å²) >= 11 is 0. The fourth-order valence-electron chi connectivity index (χ4n) is 3.95. The van der Waals surface area contributed by atoms with Crippen molar-refractivity contribution in [1.82, 2.24) is 20.4 Å². The van der Waals surface area contributed by atoms with E-state index in [1.807, 2.05) is 0 Å². The maximum Gasteiger partial charge on any atom is 0.0198 e. The minimum atomic E-state index is 0.625. The summed E-state index contributed by atoms with van der Waals surface area (Å²) in [4.78, 5) is 5.13. The van der Waals surface area contributed by atoms with Gasteiger partial charge in [0.05, 0.1) is 0 Å². The van der Waals surface area contributed by atoms with E-state index in [2.05, 4.69) is 55.2 Å². The molecule has 0 bridgehead atoms. The van der Waals surface area contributed by atoms with Crippen molar-refractivity contribution in [2.45, 2.75) is 70.7 Å². The Hall–Kier alpha value is -0.160. The van der Waals surface area contributed by atoms with Crippen molar-refractivity contribution >= 4 is 0 Å². The molecule has 0 saturated carbocycles. The maximum absolute atomic E-state index is 3.75. The second-order valence-electron chi connectivity index (χ2n) is 7.33. The van der Waals surface area contributed by atoms with Gasteiger partial charge in [0.2, 0.25) is 0 Å². The van der Waals surface area contributed by atoms with Crippen LogP contribution in [0.4, 0.5) is 0 Å². The first kappa shape index (κ1) is 16.2. The molecule has 4 heteroatoms. The molecule has 4 nitrogen and oxygen atoms in total. The Kier molecular flexibility index (Phi) is 5.84. The molecule has 2 rings (SSSR count). The van der Waals surface area contributed by atoms with Crippen LogP contribution in [0.2, 0.25) is 0 Å². The first-order chi connectivity index (χ1) is 9.44. The molecule has 2 heterocycles. The van der Waals surface area contributed by atoms with E-state index in [0.717, 1.165) is 0 Å². The summed E-state index contributed by atoms with van der Waals surface area (Å²) in [6.45, 7) is 14.1. The largest absolute Gasteiger partial charge is 0.309 e. The van der Waals surface area contributed by atoms with Gasteiger partial charge in [0, 0.05) is 56.4 Å². The first-order valence-electron chi connectivity index (χ1n) is 8.38. The zero-order valence-corrected chi connectivity index (χ0v) is 14.0. The SMILES string of the molecule is CC1CN(C(C)CC[C@H]2CN(C)C[C@@H](C)N2)CC(C)N1. The monoisotopic (exact) mass is 282 g/mol. The zero-order valence-electron chi connectivity index (χ0n) is 14.0. The number of likely N-dealkylation sites (N-methyl/N-ethyl adjacent to an activating group) is 1. The van der Waals surface area contributed by atoms with Crippen LogP contribution >= 0.6 is 0 Å². The van der Waals surface area contributed by atoms with Crippen molar-refractivity contribution in [3.8, 4) is 0 Å². The third-order valence-corrected chi connectivity index (χ3v) is 4.78. The standard InChI is InChI=1S/C16H34N4/c1-12-8-19(5)11-16(18-12)7-6-15(4)20-9-13(2)17-14(3)10-20/h12-18H,6-11H2,1-5H3/t12-,13?,14?,15?,16+/m1/s1. The average Bonchev–Trinajstić information content (AvgIpc) is 2.33. The van der Waals surface area contributed by atoms with Gasteiger partial charge in [-0.3, -0.25) is 4.90 Å². The molecule has 0 radical (unpaired) electrons. The fraction of sp³-hybridized carbons (Fsp3) is 1.00. The molecule has 2 aliphatic rings. The van der Waals surface area contributed by atoms with Crippen molar-refractivity contribution in [3.63, 3.8) is 0 Å². The van der Waals surface area contributed by atoms with Gasteiger partial charge in [0.1, 0.15) is 0 Å². The molecule has 2 saturated heterocycles. The number of rotatable bonds is 4. The van der Waals surface area contributed by atoms with Crippen molar-refractivity contribution in [2.24, 2.45) is 0 Å². The van der Waals surface area contributed by atoms with Crippen LogP contribution < -0.4 is 10.6 Å². The molecular weight excluding hydrogens is 248 g/mol. The molecule has 0 aliphatic carbocycles. The number of nitrogens with zero attached hydrogens (tertiary/aromatic N) is 2. The quantitative estimate of drug-likeness (QED) is 0.809. The second-order valence-corrected chi connectivity index (χ2v) is 7.33. The summed E-state index contributed by atoms with van der Waals surface area (Å²) in [5.74, 6) is 0. The normalized spacial score (nSPS) is 38.9. The molecule has 0 amide bonds. The highest BCUT2D eigenvalue weighted by atomic mass is 15.2. The summed E-state index contributed by atoms with van der Waals surface area (Å²) in [6.07, 6.45) is 2.60. The van der Waals surface area contributed by atoms with E-state index in [1.54, 1.807) is 0 Å². The number of hydrogen-bond acceptors (Lipinski definition) is 4. The van der Waals surface area contributed by atoms with Gasteiger partial charge in [-0.15, -0.1) is 0 Å². The lowest BCUT2D eigenvalue weighted by Gasteiger charge is -2.41. The second kappa shape index (κ2) is 7.21. The zero-order chi connectivity index (χ0) is 14.7. The van der Waals surface area contributed by atoms with E-state index < -0.39 is 0 Å². The van der Waals surface area contributed by atoms with E-state index in [-0.39, 0.29) is 0 Å². The van der Waals surface area contributed by atoms with Crippen LogP contribution in [0.1, 0.15) is 40.5 Å². The lowest BCUT2D eigenvalue weighted by molar-refractivity contribution is 0.117. The molecule has 0 spiro atoms. The molecule has 0 aromatic heterocycles. The van der Waals surface area contributed by atoms with Crippen molar-refractivity contribution in [1.29, 1.82) is 0 Å². The lowest BCUT2D eigenvalue weighted by atomic mass is 10.0. The van der Waals surface area contributed by atoms with Crippen molar-refractivity contribution < 1.29 is 0 Å². The van der Waals surface area contributed by atoms with E-state index in [0.29, 0.717) is 30.2 Å². The molecule has 0 aromatic rings. The van der Waals surface area contributed by atoms with Crippen LogP contribution in [0, 0.1) is 0 Å². The maximum atomic E-state index is 3.75. The van der Waals surface area contributed by atoms with Gasteiger partial charge in [-0.1, -0.05) is 0 Å². The predicted octanol–water partition coefficient (Wildman–Crippen LogP) is 1.13. The first-order valence-corrected chi connectivity index (χ1v) is 8.38. The Morgan fingerprint density at radius 1 is 0.950 bits per heavy atom. The highest BCUT2D eigenvalue weighted by Crippen LogP contribution is 2.15. The van der Waals surface area contributed by atoms with Crippen LogP contribution in [0.5, 0.6) is 0 Å². The van der Waals surface area contributed by atoms with Gasteiger partial charge in [-0.25, -0.2) is 0 Å². The summed E-state index contributed by atoms with van der Waals surface area (Å²) < 4.78 is 0. The molecule has 2 fully saturated rings. The Bertz CT molecular complexity index is 276. The molecule has 20 heavy (non-hydrogen) atoms. The van der Waals surface area contributed by atoms with Gasteiger partial charge >= 0.3 is 0 Å². The van der Waals surface area contributed by atoms with Crippen LogP contribution in [-0.2, 0) is 0 Å². The molecule has 3 unspecified atom stereocenters. The smallest absolute Gasteiger partial charge is 0.0198 e. The molecule has 5 atom stereocenters. The highest BCUT2D eigenvalue weighted by Gasteiger charge is 2.26. The fourth-order valence-corrected chi connectivity index (χ4v) is 3.95. The molecule has 2 aliphatic heterocycles. The van der Waals surface area contributed by atoms with Crippen molar-refractivity contribution in [3.05, 3.63) is 0 Å². The predicted molar refractivity (Wildman–Crippen MR) is 86.2 cm³/mol. The Morgan fingerprint density at radius 3 is 2.15 bits per heavy atom. The third-order valence-electron chi connectivity index (χ3n) is 4.78. The van der Waals surface area contributed by atoms with E-state index in [4.69, 9.17) is 0 Å². The minimum Gasteiger partial charge on any atom is -0.309 e. The van der Waals surface area contributed by atoms with Crippen LogP contribution in [-0.4, -0.2) is 73.2 Å². The Morgan fingerprint density at radius 2 is 1.55 bits per heavy atom. The average molecular weight is 282 g/mol. The Labute approximate surface area is 125 Å². The molecule has 0 aromatic carbocycles. The molecular formula is C16H34N4. The van der Waals surface area contributed by atoms with Gasteiger partial charge in [-0.05, 0) is 47.6 Å². The van der Waals surface area contributed by atoms with Gasteiger partial charge in [0.25, 0.3) is 0 Å². The van der Waals surface area contributed by atoms with E-state index >= 15 is 0 Å². The van der Waals surface area contributed by atoms with Crippen molar-refractivity contribution in [2.75, 3.05) is 33.2 Å². The summed E-state index contributed by atoms with van der Waals surface area (Å²) in [5, 5.41) is 7.37. The molecule has 118 valence electrons.